The summed E-state index contributed by atoms with van der Waals surface area (Å²) < 4.78 is 50.5. The Balaban J connectivity index is 2.90. The van der Waals surface area contributed by atoms with Crippen molar-refractivity contribution in [2.75, 3.05) is 13.2 Å². The van der Waals surface area contributed by atoms with Gasteiger partial charge in [-0.1, -0.05) is 0 Å². The van der Waals surface area contributed by atoms with E-state index in [0.29, 0.717) is 12.1 Å². The van der Waals surface area contributed by atoms with E-state index >= 15 is 0 Å². The fourth-order valence-electron chi connectivity index (χ4n) is 1.31. The maximum Gasteiger partial charge on any atom is 0.419 e. The Kier molecular flexibility index (Phi) is 4.72. The van der Waals surface area contributed by atoms with Crippen molar-refractivity contribution >= 4 is 5.91 Å². The normalized spacial score (nSPS) is 14.8. The number of aliphatic hydroxyl groups is 2. The fourth-order valence-corrected chi connectivity index (χ4v) is 1.31. The van der Waals surface area contributed by atoms with Crippen LogP contribution in [0, 0.1) is 5.82 Å². The molecule has 0 radical (unpaired) electrons. The van der Waals surface area contributed by atoms with Crippen molar-refractivity contribution in [1.29, 1.82) is 0 Å². The minimum absolute atomic E-state index is 0.360. The summed E-state index contributed by atoms with van der Waals surface area (Å²) in [6.07, 6.45) is -4.91. The van der Waals surface area contributed by atoms with Crippen molar-refractivity contribution in [3.63, 3.8) is 0 Å². The van der Waals surface area contributed by atoms with Crippen LogP contribution in [0.4, 0.5) is 17.6 Å². The van der Waals surface area contributed by atoms with Gasteiger partial charge in [-0.25, -0.2) is 4.39 Å². The molecule has 0 bridgehead atoms. The topological polar surface area (TPSA) is 69.6 Å². The number of alkyl halides is 3. The lowest BCUT2D eigenvalue weighted by molar-refractivity contribution is -0.140. The zero-order valence-corrected chi connectivity index (χ0v) is 10.5. The first-order valence-electron chi connectivity index (χ1n) is 5.55. The van der Waals surface area contributed by atoms with Crippen molar-refractivity contribution in [2.45, 2.75) is 18.7 Å². The van der Waals surface area contributed by atoms with Gasteiger partial charge in [-0.15, -0.1) is 0 Å². The Labute approximate surface area is 112 Å². The van der Waals surface area contributed by atoms with Gasteiger partial charge in [0, 0.05) is 12.1 Å². The summed E-state index contributed by atoms with van der Waals surface area (Å²) in [6, 6.07) is 1.83. The standard InChI is InChI=1S/C12H13F4NO3/c1-11(20,6-18)5-17-10(19)7-2-3-9(13)8(4-7)12(14,15)16/h2-4,18,20H,5-6H2,1H3,(H,17,19). The Morgan fingerprint density at radius 3 is 2.45 bits per heavy atom. The Hall–Kier alpha value is -1.67. The van der Waals surface area contributed by atoms with Crippen LogP contribution in [0.3, 0.4) is 0 Å². The molecule has 8 heteroatoms. The van der Waals surface area contributed by atoms with Gasteiger partial charge < -0.3 is 15.5 Å². The molecule has 20 heavy (non-hydrogen) atoms. The summed E-state index contributed by atoms with van der Waals surface area (Å²) in [4.78, 5) is 11.6. The second-order valence-corrected chi connectivity index (χ2v) is 4.53. The minimum Gasteiger partial charge on any atom is -0.393 e. The van der Waals surface area contributed by atoms with Crippen molar-refractivity contribution in [3.8, 4) is 0 Å². The molecule has 3 N–H and O–H groups in total. The van der Waals surface area contributed by atoms with Crippen molar-refractivity contribution < 1.29 is 32.6 Å². The van der Waals surface area contributed by atoms with E-state index < -0.39 is 41.2 Å². The van der Waals surface area contributed by atoms with E-state index in [1.165, 1.54) is 6.92 Å². The molecule has 4 nitrogen and oxygen atoms in total. The molecule has 1 atom stereocenters. The first-order chi connectivity index (χ1) is 9.07. The Morgan fingerprint density at radius 1 is 1.35 bits per heavy atom. The van der Waals surface area contributed by atoms with Gasteiger partial charge in [-0.05, 0) is 25.1 Å². The molecule has 0 saturated heterocycles. The van der Waals surface area contributed by atoms with Gasteiger partial charge in [0.1, 0.15) is 11.4 Å². The third kappa shape index (κ3) is 4.17. The largest absolute Gasteiger partial charge is 0.419 e. The minimum atomic E-state index is -4.91. The van der Waals surface area contributed by atoms with E-state index in [2.05, 4.69) is 5.32 Å². The van der Waals surface area contributed by atoms with Crippen LogP contribution >= 0.6 is 0 Å². The van der Waals surface area contributed by atoms with Crippen LogP contribution in [0.2, 0.25) is 0 Å². The van der Waals surface area contributed by atoms with Crippen LogP contribution in [-0.2, 0) is 6.18 Å². The first kappa shape index (κ1) is 16.4. The second-order valence-electron chi connectivity index (χ2n) is 4.53. The fraction of sp³-hybridized carbons (Fsp3) is 0.417. The van der Waals surface area contributed by atoms with Crippen LogP contribution in [0.15, 0.2) is 18.2 Å². The average Bonchev–Trinajstić information content (AvgIpc) is 2.35. The summed E-state index contributed by atoms with van der Waals surface area (Å²) in [5.41, 5.74) is -3.53. The lowest BCUT2D eigenvalue weighted by atomic mass is 10.1. The van der Waals surface area contributed by atoms with Crippen molar-refractivity contribution in [3.05, 3.63) is 35.1 Å². The van der Waals surface area contributed by atoms with Crippen LogP contribution in [0.25, 0.3) is 0 Å². The zero-order valence-electron chi connectivity index (χ0n) is 10.5. The lowest BCUT2D eigenvalue weighted by Crippen LogP contribution is -2.43. The molecule has 0 fully saturated rings. The number of rotatable bonds is 4. The maximum absolute atomic E-state index is 13.0. The SMILES string of the molecule is CC(O)(CO)CNC(=O)c1ccc(F)c(C(F)(F)F)c1. The van der Waals surface area contributed by atoms with Gasteiger partial charge >= 0.3 is 6.18 Å². The van der Waals surface area contributed by atoms with Gasteiger partial charge in [-0.2, -0.15) is 13.2 Å². The summed E-state index contributed by atoms with van der Waals surface area (Å²) in [6.45, 7) is 0.241. The molecule has 0 saturated carbocycles. The predicted molar refractivity (Wildman–Crippen MR) is 61.4 cm³/mol. The highest BCUT2D eigenvalue weighted by atomic mass is 19.4. The molecule has 0 aromatic heterocycles. The molecular formula is C12H13F4NO3. The van der Waals surface area contributed by atoms with E-state index in [1.54, 1.807) is 0 Å². The molecule has 1 unspecified atom stereocenters. The Bertz CT molecular complexity index is 500. The second kappa shape index (κ2) is 5.76. The third-order valence-electron chi connectivity index (χ3n) is 2.50. The smallest absolute Gasteiger partial charge is 0.393 e. The summed E-state index contributed by atoms with van der Waals surface area (Å²) in [7, 11) is 0. The molecule has 112 valence electrons. The number of halogens is 4. The van der Waals surface area contributed by atoms with E-state index in [4.69, 9.17) is 5.11 Å². The van der Waals surface area contributed by atoms with E-state index in [9.17, 15) is 27.5 Å². The number of carbonyl (C=O) groups is 1. The predicted octanol–water partition coefficient (Wildman–Crippen LogP) is 1.32. The van der Waals surface area contributed by atoms with Crippen LogP contribution in [-0.4, -0.2) is 34.9 Å². The van der Waals surface area contributed by atoms with E-state index in [1.807, 2.05) is 0 Å². The van der Waals surface area contributed by atoms with Crippen LogP contribution < -0.4 is 5.32 Å². The summed E-state index contributed by atoms with van der Waals surface area (Å²) in [5.74, 6) is -2.39. The zero-order chi connectivity index (χ0) is 15.6. The maximum atomic E-state index is 13.0. The molecule has 0 spiro atoms. The molecule has 0 aliphatic carbocycles. The first-order valence-corrected chi connectivity index (χ1v) is 5.55. The monoisotopic (exact) mass is 295 g/mol. The van der Waals surface area contributed by atoms with Gasteiger partial charge in [0.25, 0.3) is 5.91 Å². The van der Waals surface area contributed by atoms with Gasteiger partial charge in [0.2, 0.25) is 0 Å². The van der Waals surface area contributed by atoms with Gasteiger partial charge in [-0.3, -0.25) is 4.79 Å². The highest BCUT2D eigenvalue weighted by Crippen LogP contribution is 2.31. The van der Waals surface area contributed by atoms with Crippen LogP contribution in [0.1, 0.15) is 22.8 Å². The number of nitrogens with one attached hydrogen (secondary N) is 1. The van der Waals surface area contributed by atoms with E-state index in [-0.39, 0.29) is 6.54 Å². The summed E-state index contributed by atoms with van der Waals surface area (Å²) in [5, 5.41) is 20.4. The number of amides is 1. The highest BCUT2D eigenvalue weighted by molar-refractivity contribution is 5.94. The number of aliphatic hydroxyl groups excluding tert-OH is 1. The molecule has 0 aliphatic rings. The Morgan fingerprint density at radius 2 is 1.95 bits per heavy atom. The highest BCUT2D eigenvalue weighted by Gasteiger charge is 2.34. The van der Waals surface area contributed by atoms with Crippen molar-refractivity contribution in [1.82, 2.24) is 5.32 Å². The third-order valence-corrected chi connectivity index (χ3v) is 2.50. The van der Waals surface area contributed by atoms with Gasteiger partial charge in [0.05, 0.1) is 12.2 Å². The summed E-state index contributed by atoms with van der Waals surface area (Å²) >= 11 is 0. The molecule has 1 rings (SSSR count). The molecule has 0 aliphatic heterocycles. The molecule has 0 heterocycles. The van der Waals surface area contributed by atoms with E-state index in [0.717, 1.165) is 6.07 Å². The van der Waals surface area contributed by atoms with Crippen LogP contribution in [0.5, 0.6) is 0 Å². The lowest BCUT2D eigenvalue weighted by Gasteiger charge is -2.20. The van der Waals surface area contributed by atoms with Gasteiger partial charge in [0.15, 0.2) is 0 Å². The quantitative estimate of drug-likeness (QED) is 0.734. The number of hydrogen-bond donors (Lipinski definition) is 3. The molecule has 1 aromatic carbocycles. The molecule has 1 amide bonds. The molecular weight excluding hydrogens is 282 g/mol. The number of benzene rings is 1. The number of carbonyl (C=O) groups excluding carboxylic acids is 1. The molecule has 1 aromatic rings. The number of hydrogen-bond acceptors (Lipinski definition) is 3. The average molecular weight is 295 g/mol. The van der Waals surface area contributed by atoms with Crippen molar-refractivity contribution in [2.24, 2.45) is 0 Å².